The van der Waals surface area contributed by atoms with Crippen molar-refractivity contribution in [3.8, 4) is 5.75 Å². The number of methoxy groups -OCH3 is 1. The molecule has 0 amide bonds. The van der Waals surface area contributed by atoms with E-state index in [9.17, 15) is 5.11 Å². The zero-order chi connectivity index (χ0) is 12.3. The molecule has 0 saturated heterocycles. The predicted molar refractivity (Wildman–Crippen MR) is 63.8 cm³/mol. The van der Waals surface area contributed by atoms with Crippen molar-refractivity contribution in [1.29, 1.82) is 0 Å². The molecule has 0 aliphatic heterocycles. The molecule has 1 aromatic heterocycles. The van der Waals surface area contributed by atoms with E-state index < -0.39 is 6.10 Å². The number of aryl methyl sites for hydroxylation is 1. The molecule has 0 aliphatic carbocycles. The number of nitrogens with zero attached hydrogens (tertiary/aromatic N) is 2. The van der Waals surface area contributed by atoms with E-state index in [1.807, 2.05) is 25.1 Å². The van der Waals surface area contributed by atoms with E-state index in [4.69, 9.17) is 4.74 Å². The summed E-state index contributed by atoms with van der Waals surface area (Å²) in [7, 11) is 1.62. The van der Waals surface area contributed by atoms with Gasteiger partial charge in [0.05, 0.1) is 19.0 Å². The van der Waals surface area contributed by atoms with Crippen molar-refractivity contribution in [3.05, 3.63) is 53.6 Å². The van der Waals surface area contributed by atoms with Crippen LogP contribution in [0.1, 0.15) is 22.9 Å². The number of ether oxygens (including phenoxy) is 1. The Bertz CT molecular complexity index is 500. The summed E-state index contributed by atoms with van der Waals surface area (Å²) in [4.78, 5) is 8.04. The zero-order valence-corrected chi connectivity index (χ0v) is 9.79. The van der Waals surface area contributed by atoms with Gasteiger partial charge in [-0.2, -0.15) is 0 Å². The summed E-state index contributed by atoms with van der Waals surface area (Å²) in [6, 6.07) is 5.55. The van der Waals surface area contributed by atoms with Gasteiger partial charge in [-0.05, 0) is 30.2 Å². The fraction of sp³-hybridized carbons (Fsp3) is 0.231. The van der Waals surface area contributed by atoms with Crippen LogP contribution >= 0.6 is 0 Å². The topological polar surface area (TPSA) is 55.2 Å². The third-order valence-electron chi connectivity index (χ3n) is 2.63. The van der Waals surface area contributed by atoms with Crippen LogP contribution in [0.2, 0.25) is 0 Å². The minimum Gasteiger partial charge on any atom is -0.497 e. The lowest BCUT2D eigenvalue weighted by Crippen LogP contribution is -2.04. The summed E-state index contributed by atoms with van der Waals surface area (Å²) >= 11 is 0. The van der Waals surface area contributed by atoms with Crippen LogP contribution in [-0.2, 0) is 0 Å². The number of rotatable bonds is 3. The maximum absolute atomic E-state index is 10.2. The van der Waals surface area contributed by atoms with E-state index in [1.165, 1.54) is 0 Å². The third-order valence-corrected chi connectivity index (χ3v) is 2.63. The summed E-state index contributed by atoms with van der Waals surface area (Å²) in [5, 5.41) is 10.2. The van der Waals surface area contributed by atoms with Crippen LogP contribution < -0.4 is 4.74 Å². The standard InChI is InChI=1S/C13H14N2O2/c1-9-7-10(17-2)3-4-11(9)13(16)12-8-14-5-6-15-12/h3-8,13,16H,1-2H3. The van der Waals surface area contributed by atoms with Gasteiger partial charge in [0.15, 0.2) is 0 Å². The first-order valence-corrected chi connectivity index (χ1v) is 5.31. The second-order valence-corrected chi connectivity index (χ2v) is 3.76. The predicted octanol–water partition coefficient (Wildman–Crippen LogP) is 1.88. The zero-order valence-electron chi connectivity index (χ0n) is 9.79. The van der Waals surface area contributed by atoms with Crippen molar-refractivity contribution < 1.29 is 9.84 Å². The van der Waals surface area contributed by atoms with Crippen LogP contribution in [0.25, 0.3) is 0 Å². The van der Waals surface area contributed by atoms with E-state index in [0.29, 0.717) is 5.69 Å². The average molecular weight is 230 g/mol. The molecule has 4 nitrogen and oxygen atoms in total. The van der Waals surface area contributed by atoms with Crippen LogP contribution in [0.15, 0.2) is 36.8 Å². The van der Waals surface area contributed by atoms with Crippen LogP contribution in [0.4, 0.5) is 0 Å². The lowest BCUT2D eigenvalue weighted by Gasteiger charge is -2.13. The number of aliphatic hydroxyl groups is 1. The summed E-state index contributed by atoms with van der Waals surface area (Å²) in [6.45, 7) is 1.93. The molecular weight excluding hydrogens is 216 g/mol. The van der Waals surface area contributed by atoms with E-state index in [2.05, 4.69) is 9.97 Å². The molecule has 1 heterocycles. The van der Waals surface area contributed by atoms with Crippen LogP contribution in [0.5, 0.6) is 5.75 Å². The number of hydrogen-bond donors (Lipinski definition) is 1. The molecule has 1 aromatic carbocycles. The van der Waals surface area contributed by atoms with Crippen molar-refractivity contribution >= 4 is 0 Å². The summed E-state index contributed by atoms with van der Waals surface area (Å²) in [5.41, 5.74) is 2.31. The largest absolute Gasteiger partial charge is 0.497 e. The molecule has 1 unspecified atom stereocenters. The highest BCUT2D eigenvalue weighted by atomic mass is 16.5. The van der Waals surface area contributed by atoms with Crippen molar-refractivity contribution in [2.24, 2.45) is 0 Å². The molecule has 17 heavy (non-hydrogen) atoms. The highest BCUT2D eigenvalue weighted by molar-refractivity contribution is 5.38. The second-order valence-electron chi connectivity index (χ2n) is 3.76. The normalized spacial score (nSPS) is 12.2. The molecule has 0 fully saturated rings. The Morgan fingerprint density at radius 2 is 2.12 bits per heavy atom. The molecule has 2 rings (SSSR count). The van der Waals surface area contributed by atoms with E-state index in [1.54, 1.807) is 25.7 Å². The van der Waals surface area contributed by atoms with E-state index >= 15 is 0 Å². The van der Waals surface area contributed by atoms with Gasteiger partial charge in [-0.15, -0.1) is 0 Å². The van der Waals surface area contributed by atoms with Gasteiger partial charge in [-0.3, -0.25) is 9.97 Å². The van der Waals surface area contributed by atoms with Crippen molar-refractivity contribution in [1.82, 2.24) is 9.97 Å². The molecule has 2 aromatic rings. The quantitative estimate of drug-likeness (QED) is 0.874. The van der Waals surface area contributed by atoms with Gasteiger partial charge in [0, 0.05) is 12.4 Å². The molecule has 0 saturated carbocycles. The van der Waals surface area contributed by atoms with Gasteiger partial charge in [0.25, 0.3) is 0 Å². The van der Waals surface area contributed by atoms with Crippen LogP contribution in [0, 0.1) is 6.92 Å². The number of benzene rings is 1. The summed E-state index contributed by atoms with van der Waals surface area (Å²) < 4.78 is 5.13. The Morgan fingerprint density at radius 1 is 1.29 bits per heavy atom. The number of aromatic nitrogens is 2. The Balaban J connectivity index is 2.34. The molecule has 1 atom stereocenters. The van der Waals surface area contributed by atoms with Gasteiger partial charge in [0.2, 0.25) is 0 Å². The Hall–Kier alpha value is -1.94. The minimum absolute atomic E-state index is 0.542. The maximum Gasteiger partial charge on any atom is 0.123 e. The highest BCUT2D eigenvalue weighted by Crippen LogP contribution is 2.25. The van der Waals surface area contributed by atoms with Crippen LogP contribution in [-0.4, -0.2) is 22.2 Å². The highest BCUT2D eigenvalue weighted by Gasteiger charge is 2.14. The van der Waals surface area contributed by atoms with Crippen molar-refractivity contribution in [2.45, 2.75) is 13.0 Å². The first-order chi connectivity index (χ1) is 8.22. The van der Waals surface area contributed by atoms with Crippen molar-refractivity contribution in [2.75, 3.05) is 7.11 Å². The van der Waals surface area contributed by atoms with Gasteiger partial charge < -0.3 is 9.84 Å². The second kappa shape index (κ2) is 4.93. The van der Waals surface area contributed by atoms with Gasteiger partial charge in [0.1, 0.15) is 11.9 Å². The SMILES string of the molecule is COc1ccc(C(O)c2cnccn2)c(C)c1. The molecule has 0 radical (unpaired) electrons. The smallest absolute Gasteiger partial charge is 0.123 e. The summed E-state index contributed by atoms with van der Waals surface area (Å²) in [6.07, 6.45) is 3.96. The molecule has 0 spiro atoms. The molecule has 0 aliphatic rings. The third kappa shape index (κ3) is 2.42. The molecule has 0 bridgehead atoms. The van der Waals surface area contributed by atoms with Gasteiger partial charge in [-0.1, -0.05) is 6.07 Å². The fourth-order valence-corrected chi connectivity index (χ4v) is 1.69. The summed E-state index contributed by atoms with van der Waals surface area (Å²) in [5.74, 6) is 0.776. The molecule has 1 N–H and O–H groups in total. The Kier molecular flexibility index (Phi) is 3.35. The maximum atomic E-state index is 10.2. The van der Waals surface area contributed by atoms with Crippen molar-refractivity contribution in [3.63, 3.8) is 0 Å². The molecule has 88 valence electrons. The lowest BCUT2D eigenvalue weighted by molar-refractivity contribution is 0.214. The van der Waals surface area contributed by atoms with Crippen LogP contribution in [0.3, 0.4) is 0 Å². The number of aliphatic hydroxyl groups excluding tert-OH is 1. The lowest BCUT2D eigenvalue weighted by atomic mass is 10.0. The first kappa shape index (κ1) is 11.5. The Labute approximate surface area is 99.9 Å². The average Bonchev–Trinajstić information content (AvgIpc) is 2.39. The Morgan fingerprint density at radius 3 is 2.71 bits per heavy atom. The molecule has 4 heteroatoms. The van der Waals surface area contributed by atoms with Gasteiger partial charge in [-0.25, -0.2) is 0 Å². The number of hydrogen-bond acceptors (Lipinski definition) is 4. The minimum atomic E-state index is -0.755. The van der Waals surface area contributed by atoms with E-state index in [-0.39, 0.29) is 0 Å². The van der Waals surface area contributed by atoms with E-state index in [0.717, 1.165) is 16.9 Å². The monoisotopic (exact) mass is 230 g/mol. The first-order valence-electron chi connectivity index (χ1n) is 5.31. The molecular formula is C13H14N2O2. The fourth-order valence-electron chi connectivity index (χ4n) is 1.69. The van der Waals surface area contributed by atoms with Gasteiger partial charge >= 0.3 is 0 Å².